The number of sulfonamides is 1. The zero-order valence-corrected chi connectivity index (χ0v) is 15.3. The van der Waals surface area contributed by atoms with Gasteiger partial charge in [0.1, 0.15) is 4.21 Å². The van der Waals surface area contributed by atoms with Crippen LogP contribution in [-0.2, 0) is 10.0 Å². The molecule has 6 nitrogen and oxygen atoms in total. The van der Waals surface area contributed by atoms with Crippen molar-refractivity contribution in [3.63, 3.8) is 0 Å². The number of carbonyl (C=O) groups is 1. The van der Waals surface area contributed by atoms with E-state index in [1.165, 1.54) is 6.07 Å². The average Bonchev–Trinajstić information content (AvgIpc) is 3.12. The number of carbonyl (C=O) groups excluding carboxylic acids is 1. The number of amides is 1. The molecule has 4 N–H and O–H groups in total. The molecular formula is C17H21N3O3S2. The van der Waals surface area contributed by atoms with Crippen molar-refractivity contribution >= 4 is 33.0 Å². The highest BCUT2D eigenvalue weighted by Crippen LogP contribution is 2.21. The van der Waals surface area contributed by atoms with Gasteiger partial charge in [-0.1, -0.05) is 12.1 Å². The van der Waals surface area contributed by atoms with Crippen molar-refractivity contribution in [2.75, 3.05) is 4.72 Å². The summed E-state index contributed by atoms with van der Waals surface area (Å²) < 4.78 is 27.3. The normalized spacial score (nSPS) is 20.8. The first-order chi connectivity index (χ1) is 11.9. The largest absolute Gasteiger partial charge is 0.349 e. The minimum atomic E-state index is -3.62. The van der Waals surface area contributed by atoms with E-state index in [9.17, 15) is 13.2 Å². The van der Waals surface area contributed by atoms with Crippen LogP contribution in [0.3, 0.4) is 0 Å². The minimum absolute atomic E-state index is 0.124. The molecule has 0 aliphatic heterocycles. The first kappa shape index (κ1) is 17.9. The maximum Gasteiger partial charge on any atom is 0.271 e. The highest BCUT2D eigenvalue weighted by molar-refractivity contribution is 7.94. The average molecular weight is 380 g/mol. The SMILES string of the molecule is NC1CCC(NC(=O)c2cccc(NS(=O)(=O)c3cccs3)c2)CC1. The van der Waals surface area contributed by atoms with Gasteiger partial charge in [0, 0.05) is 23.3 Å². The Labute approximate surface area is 151 Å². The van der Waals surface area contributed by atoms with Crippen molar-refractivity contribution < 1.29 is 13.2 Å². The maximum atomic E-state index is 12.4. The van der Waals surface area contributed by atoms with Crippen LogP contribution in [-0.4, -0.2) is 26.4 Å². The standard InChI is InChI=1S/C17H21N3O3S2/c18-13-6-8-14(9-7-13)19-17(21)12-3-1-4-15(11-12)20-25(22,23)16-5-2-10-24-16/h1-5,10-11,13-14,20H,6-9,18H2,(H,19,21). The Bertz CT molecular complexity index is 827. The Morgan fingerprint density at radius 1 is 1.12 bits per heavy atom. The molecule has 8 heteroatoms. The molecule has 2 aromatic rings. The number of rotatable bonds is 5. The van der Waals surface area contributed by atoms with Gasteiger partial charge in [-0.05, 0) is 55.3 Å². The highest BCUT2D eigenvalue weighted by atomic mass is 32.2. The van der Waals surface area contributed by atoms with Crippen molar-refractivity contribution in [1.82, 2.24) is 5.32 Å². The van der Waals surface area contributed by atoms with Gasteiger partial charge in [-0.2, -0.15) is 0 Å². The lowest BCUT2D eigenvalue weighted by Gasteiger charge is -2.26. The fourth-order valence-electron chi connectivity index (χ4n) is 2.88. The van der Waals surface area contributed by atoms with E-state index < -0.39 is 10.0 Å². The van der Waals surface area contributed by atoms with Gasteiger partial charge in [-0.3, -0.25) is 9.52 Å². The number of nitrogens with two attached hydrogens (primary N) is 1. The molecule has 0 saturated heterocycles. The van der Waals surface area contributed by atoms with Crippen molar-refractivity contribution in [1.29, 1.82) is 0 Å². The molecular weight excluding hydrogens is 358 g/mol. The maximum absolute atomic E-state index is 12.4. The van der Waals surface area contributed by atoms with E-state index in [4.69, 9.17) is 5.73 Å². The monoisotopic (exact) mass is 379 g/mol. The number of benzene rings is 1. The van der Waals surface area contributed by atoms with Crippen LogP contribution in [0.15, 0.2) is 46.0 Å². The van der Waals surface area contributed by atoms with Crippen molar-refractivity contribution in [3.05, 3.63) is 47.3 Å². The van der Waals surface area contributed by atoms with Crippen LogP contribution in [0, 0.1) is 0 Å². The smallest absolute Gasteiger partial charge is 0.271 e. The predicted molar refractivity (Wildman–Crippen MR) is 99.3 cm³/mol. The molecule has 1 amide bonds. The van der Waals surface area contributed by atoms with E-state index in [0.717, 1.165) is 37.0 Å². The molecule has 1 aromatic heterocycles. The Hall–Kier alpha value is -1.90. The lowest BCUT2D eigenvalue weighted by molar-refractivity contribution is 0.0926. The second kappa shape index (κ2) is 7.55. The molecule has 1 aliphatic carbocycles. The fraction of sp³-hybridized carbons (Fsp3) is 0.353. The van der Waals surface area contributed by atoms with Crippen LogP contribution in [0.1, 0.15) is 36.0 Å². The third-order valence-electron chi connectivity index (χ3n) is 4.24. The third-order valence-corrected chi connectivity index (χ3v) is 7.02. The molecule has 1 aromatic carbocycles. The predicted octanol–water partition coefficient (Wildman–Crippen LogP) is 2.55. The van der Waals surface area contributed by atoms with Gasteiger partial charge < -0.3 is 11.1 Å². The second-order valence-corrected chi connectivity index (χ2v) is 9.06. The Morgan fingerprint density at radius 2 is 1.88 bits per heavy atom. The van der Waals surface area contributed by atoms with E-state index in [1.54, 1.807) is 35.7 Å². The molecule has 1 fully saturated rings. The summed E-state index contributed by atoms with van der Waals surface area (Å²) in [7, 11) is -3.62. The lowest BCUT2D eigenvalue weighted by atomic mass is 9.91. The number of hydrogen-bond acceptors (Lipinski definition) is 5. The van der Waals surface area contributed by atoms with E-state index in [0.29, 0.717) is 11.3 Å². The summed E-state index contributed by atoms with van der Waals surface area (Å²) in [5.41, 5.74) is 6.68. The van der Waals surface area contributed by atoms with Gasteiger partial charge >= 0.3 is 0 Å². The zero-order chi connectivity index (χ0) is 17.9. The van der Waals surface area contributed by atoms with Crippen LogP contribution in [0.25, 0.3) is 0 Å². The Kier molecular flexibility index (Phi) is 5.41. The van der Waals surface area contributed by atoms with Crippen LogP contribution in [0.2, 0.25) is 0 Å². The first-order valence-corrected chi connectivity index (χ1v) is 10.5. The summed E-state index contributed by atoms with van der Waals surface area (Å²) in [5, 5.41) is 4.71. The third kappa shape index (κ3) is 4.59. The quantitative estimate of drug-likeness (QED) is 0.743. The van der Waals surface area contributed by atoms with E-state index >= 15 is 0 Å². The number of hydrogen-bond donors (Lipinski definition) is 3. The van der Waals surface area contributed by atoms with Gasteiger partial charge in [0.25, 0.3) is 15.9 Å². The molecule has 1 saturated carbocycles. The summed E-state index contributed by atoms with van der Waals surface area (Å²) in [5.74, 6) is -0.197. The fourth-order valence-corrected chi connectivity index (χ4v) is 4.92. The van der Waals surface area contributed by atoms with Crippen molar-refractivity contribution in [2.45, 2.75) is 42.0 Å². The van der Waals surface area contributed by atoms with Gasteiger partial charge in [0.15, 0.2) is 0 Å². The Balaban J connectivity index is 1.68. The van der Waals surface area contributed by atoms with E-state index in [2.05, 4.69) is 10.0 Å². The van der Waals surface area contributed by atoms with E-state index in [1.807, 2.05) is 0 Å². The summed E-state index contributed by atoms with van der Waals surface area (Å²) in [4.78, 5) is 12.4. The van der Waals surface area contributed by atoms with Crippen molar-refractivity contribution in [3.8, 4) is 0 Å². The number of anilines is 1. The van der Waals surface area contributed by atoms with Crippen molar-refractivity contribution in [2.24, 2.45) is 5.73 Å². The minimum Gasteiger partial charge on any atom is -0.349 e. The van der Waals surface area contributed by atoms with Crippen LogP contribution < -0.4 is 15.8 Å². The van der Waals surface area contributed by atoms with Gasteiger partial charge in [-0.25, -0.2) is 8.42 Å². The molecule has 1 aliphatic rings. The topological polar surface area (TPSA) is 101 Å². The summed E-state index contributed by atoms with van der Waals surface area (Å²) in [6, 6.07) is 10.1. The molecule has 0 radical (unpaired) electrons. The van der Waals surface area contributed by atoms with E-state index in [-0.39, 0.29) is 22.2 Å². The summed E-state index contributed by atoms with van der Waals surface area (Å²) in [6.07, 6.45) is 3.56. The summed E-state index contributed by atoms with van der Waals surface area (Å²) in [6.45, 7) is 0. The molecule has 25 heavy (non-hydrogen) atoms. The van der Waals surface area contributed by atoms with Gasteiger partial charge in [0.05, 0.1) is 0 Å². The van der Waals surface area contributed by atoms with Gasteiger partial charge in [-0.15, -0.1) is 11.3 Å². The zero-order valence-electron chi connectivity index (χ0n) is 13.6. The number of nitrogens with one attached hydrogen (secondary N) is 2. The lowest BCUT2D eigenvalue weighted by Crippen LogP contribution is -2.40. The highest BCUT2D eigenvalue weighted by Gasteiger charge is 2.21. The van der Waals surface area contributed by atoms with Gasteiger partial charge in [0.2, 0.25) is 0 Å². The molecule has 0 bridgehead atoms. The molecule has 0 unspecified atom stereocenters. The molecule has 0 atom stereocenters. The number of thiophene rings is 1. The Morgan fingerprint density at radius 3 is 2.56 bits per heavy atom. The molecule has 0 spiro atoms. The second-order valence-electron chi connectivity index (χ2n) is 6.20. The van der Waals surface area contributed by atoms with Crippen LogP contribution in [0.5, 0.6) is 0 Å². The van der Waals surface area contributed by atoms with Crippen LogP contribution in [0.4, 0.5) is 5.69 Å². The molecule has 134 valence electrons. The summed E-state index contributed by atoms with van der Waals surface area (Å²) >= 11 is 1.14. The molecule has 1 heterocycles. The molecule has 3 rings (SSSR count). The van der Waals surface area contributed by atoms with Crippen LogP contribution >= 0.6 is 11.3 Å². The first-order valence-electron chi connectivity index (χ1n) is 8.17.